The molecule has 1 aliphatic carbocycles. The highest BCUT2D eigenvalue weighted by atomic mass is 32.1. The highest BCUT2D eigenvalue weighted by Crippen LogP contribution is 2.34. The number of ether oxygens (including phenoxy) is 1. The number of aliphatic hydroxyl groups is 1. The number of nitrogens with zero attached hydrogens (tertiary/aromatic N) is 4. The molecule has 0 aliphatic heterocycles. The molecule has 1 aliphatic rings. The molecule has 10 heteroatoms. The monoisotopic (exact) mass is 460 g/mol. The molecule has 1 fully saturated rings. The Morgan fingerprint density at radius 2 is 2.09 bits per heavy atom. The van der Waals surface area contributed by atoms with Gasteiger partial charge in [0.15, 0.2) is 12.0 Å². The molecule has 1 aromatic carbocycles. The lowest BCUT2D eigenvalue weighted by Gasteiger charge is -2.17. The highest BCUT2D eigenvalue weighted by Gasteiger charge is 2.20. The maximum atomic E-state index is 13.9. The predicted molar refractivity (Wildman–Crippen MR) is 124 cm³/mol. The van der Waals surface area contributed by atoms with Crippen molar-refractivity contribution in [2.24, 2.45) is 0 Å². The maximum absolute atomic E-state index is 13.9. The molecule has 1 saturated carbocycles. The van der Waals surface area contributed by atoms with Crippen molar-refractivity contribution < 1.29 is 14.2 Å². The SMILES string of the molecule is CN(C)CCCNC(O)c1nc2c(Nc3ccc(F)cc3OC3CCCC3)ncnc2s1. The fourth-order valence-corrected chi connectivity index (χ4v) is 4.58. The summed E-state index contributed by atoms with van der Waals surface area (Å²) in [5, 5.41) is 17.3. The van der Waals surface area contributed by atoms with Crippen LogP contribution in [0.25, 0.3) is 10.3 Å². The van der Waals surface area contributed by atoms with Gasteiger partial charge in [0.25, 0.3) is 0 Å². The zero-order valence-corrected chi connectivity index (χ0v) is 19.2. The molecule has 1 unspecified atom stereocenters. The van der Waals surface area contributed by atoms with Crippen LogP contribution in [0.5, 0.6) is 5.75 Å². The van der Waals surface area contributed by atoms with Crippen molar-refractivity contribution in [1.82, 2.24) is 25.2 Å². The maximum Gasteiger partial charge on any atom is 0.161 e. The van der Waals surface area contributed by atoms with Crippen LogP contribution in [0.3, 0.4) is 0 Å². The predicted octanol–water partition coefficient (Wildman–Crippen LogP) is 3.82. The van der Waals surface area contributed by atoms with Crippen molar-refractivity contribution in [1.29, 1.82) is 0 Å². The molecular formula is C22H29FN6O2S. The quantitative estimate of drug-likeness (QED) is 0.310. The zero-order valence-electron chi connectivity index (χ0n) is 18.3. The molecule has 0 bridgehead atoms. The summed E-state index contributed by atoms with van der Waals surface area (Å²) in [6.45, 7) is 1.60. The first-order chi connectivity index (χ1) is 15.5. The van der Waals surface area contributed by atoms with Gasteiger partial charge in [-0.05, 0) is 71.4 Å². The van der Waals surface area contributed by atoms with Crippen LogP contribution in [-0.2, 0) is 0 Å². The van der Waals surface area contributed by atoms with Gasteiger partial charge in [-0.1, -0.05) is 11.3 Å². The third kappa shape index (κ3) is 5.69. The van der Waals surface area contributed by atoms with E-state index in [0.29, 0.717) is 39.2 Å². The van der Waals surface area contributed by atoms with Gasteiger partial charge >= 0.3 is 0 Å². The Hall–Kier alpha value is -2.40. The van der Waals surface area contributed by atoms with Crippen molar-refractivity contribution in [2.45, 2.75) is 44.4 Å². The topological polar surface area (TPSA) is 95.4 Å². The van der Waals surface area contributed by atoms with Crippen LogP contribution in [-0.4, -0.2) is 58.2 Å². The molecule has 2 heterocycles. The zero-order chi connectivity index (χ0) is 22.5. The smallest absolute Gasteiger partial charge is 0.161 e. The average Bonchev–Trinajstić information content (AvgIpc) is 3.43. The lowest BCUT2D eigenvalue weighted by atomic mass is 10.2. The molecule has 3 aromatic rings. The van der Waals surface area contributed by atoms with Gasteiger partial charge in [-0.15, -0.1) is 0 Å². The van der Waals surface area contributed by atoms with E-state index >= 15 is 0 Å². The average molecular weight is 461 g/mol. The first-order valence-corrected chi connectivity index (χ1v) is 11.7. The minimum atomic E-state index is -0.878. The minimum absolute atomic E-state index is 0.0994. The van der Waals surface area contributed by atoms with Crippen molar-refractivity contribution in [2.75, 3.05) is 32.5 Å². The lowest BCUT2D eigenvalue weighted by Crippen LogP contribution is -2.25. The van der Waals surface area contributed by atoms with E-state index in [1.165, 1.54) is 29.8 Å². The second-order valence-electron chi connectivity index (χ2n) is 8.23. The Morgan fingerprint density at radius 3 is 2.88 bits per heavy atom. The number of aliphatic hydroxyl groups excluding tert-OH is 1. The van der Waals surface area contributed by atoms with Crippen LogP contribution in [0.1, 0.15) is 43.3 Å². The lowest BCUT2D eigenvalue weighted by molar-refractivity contribution is 0.137. The summed E-state index contributed by atoms with van der Waals surface area (Å²) in [6, 6.07) is 4.42. The third-order valence-electron chi connectivity index (χ3n) is 5.36. The Labute approximate surface area is 190 Å². The van der Waals surface area contributed by atoms with Crippen LogP contribution >= 0.6 is 11.3 Å². The summed E-state index contributed by atoms with van der Waals surface area (Å²) in [5.41, 5.74) is 1.17. The summed E-state index contributed by atoms with van der Waals surface area (Å²) < 4.78 is 20.0. The van der Waals surface area contributed by atoms with Gasteiger partial charge in [-0.2, -0.15) is 0 Å². The van der Waals surface area contributed by atoms with E-state index in [1.54, 1.807) is 6.07 Å². The van der Waals surface area contributed by atoms with E-state index in [9.17, 15) is 9.50 Å². The van der Waals surface area contributed by atoms with Crippen LogP contribution in [0.4, 0.5) is 15.9 Å². The van der Waals surface area contributed by atoms with E-state index in [1.807, 2.05) is 14.1 Å². The van der Waals surface area contributed by atoms with Crippen LogP contribution in [0.15, 0.2) is 24.5 Å². The van der Waals surface area contributed by atoms with Crippen molar-refractivity contribution in [3.63, 3.8) is 0 Å². The number of anilines is 2. The first kappa shape index (κ1) is 22.8. The highest BCUT2D eigenvalue weighted by molar-refractivity contribution is 7.18. The number of aromatic nitrogens is 3. The number of nitrogens with one attached hydrogen (secondary N) is 2. The number of fused-ring (bicyclic) bond motifs is 1. The summed E-state index contributed by atoms with van der Waals surface area (Å²) in [6.07, 6.45) is 5.79. The van der Waals surface area contributed by atoms with Crippen molar-refractivity contribution in [3.8, 4) is 5.75 Å². The number of thiazole rings is 1. The van der Waals surface area contributed by atoms with Gasteiger partial charge < -0.3 is 20.1 Å². The Balaban J connectivity index is 1.51. The molecule has 1 atom stereocenters. The molecule has 32 heavy (non-hydrogen) atoms. The summed E-state index contributed by atoms with van der Waals surface area (Å²) in [5.74, 6) is 0.595. The van der Waals surface area contributed by atoms with Gasteiger partial charge in [0.2, 0.25) is 0 Å². The fourth-order valence-electron chi connectivity index (χ4n) is 3.71. The number of benzene rings is 1. The number of hydrogen-bond donors (Lipinski definition) is 3. The van der Waals surface area contributed by atoms with Gasteiger partial charge in [0.1, 0.15) is 33.2 Å². The van der Waals surface area contributed by atoms with E-state index < -0.39 is 6.23 Å². The molecule has 0 radical (unpaired) electrons. The molecule has 0 amide bonds. The largest absolute Gasteiger partial charge is 0.488 e. The summed E-state index contributed by atoms with van der Waals surface area (Å²) >= 11 is 1.31. The molecule has 8 nitrogen and oxygen atoms in total. The van der Waals surface area contributed by atoms with E-state index in [4.69, 9.17) is 4.74 Å². The molecule has 3 N–H and O–H groups in total. The second-order valence-corrected chi connectivity index (χ2v) is 9.24. The Bertz CT molecular complexity index is 1040. The van der Waals surface area contributed by atoms with Crippen LogP contribution in [0, 0.1) is 5.82 Å². The third-order valence-corrected chi connectivity index (χ3v) is 6.37. The van der Waals surface area contributed by atoms with E-state index in [2.05, 4.69) is 30.5 Å². The Kier molecular flexibility index (Phi) is 7.46. The van der Waals surface area contributed by atoms with E-state index in [0.717, 1.165) is 38.6 Å². The molecule has 0 spiro atoms. The summed E-state index contributed by atoms with van der Waals surface area (Å²) in [7, 11) is 4.03. The van der Waals surface area contributed by atoms with Gasteiger partial charge in [-0.25, -0.2) is 19.3 Å². The standard InChI is InChI=1S/C22H29FN6O2S/c1-29(2)11-5-10-24-20(30)22-28-18-19(25-13-26-21(18)32-22)27-16-9-8-14(23)12-17(16)31-15-6-3-4-7-15/h8-9,12-13,15,20,24,30H,3-7,10-11H2,1-2H3,(H,25,26,27). The van der Waals surface area contributed by atoms with Crippen LogP contribution < -0.4 is 15.4 Å². The molecule has 4 rings (SSSR count). The van der Waals surface area contributed by atoms with E-state index in [-0.39, 0.29) is 11.9 Å². The number of rotatable bonds is 10. The normalized spacial score (nSPS) is 15.5. The molecule has 2 aromatic heterocycles. The van der Waals surface area contributed by atoms with Crippen molar-refractivity contribution in [3.05, 3.63) is 35.4 Å². The van der Waals surface area contributed by atoms with Gasteiger partial charge in [-0.3, -0.25) is 5.32 Å². The Morgan fingerprint density at radius 1 is 1.28 bits per heavy atom. The first-order valence-electron chi connectivity index (χ1n) is 10.9. The molecule has 172 valence electrons. The van der Waals surface area contributed by atoms with Gasteiger partial charge in [0, 0.05) is 6.07 Å². The number of hydrogen-bond acceptors (Lipinski definition) is 9. The van der Waals surface area contributed by atoms with Crippen molar-refractivity contribution >= 4 is 33.2 Å². The number of halogens is 1. The van der Waals surface area contributed by atoms with Crippen LogP contribution in [0.2, 0.25) is 0 Å². The second kappa shape index (κ2) is 10.5. The van der Waals surface area contributed by atoms with Gasteiger partial charge in [0.05, 0.1) is 11.8 Å². The molecule has 0 saturated heterocycles. The molecular weight excluding hydrogens is 431 g/mol. The summed E-state index contributed by atoms with van der Waals surface area (Å²) in [4.78, 5) is 15.9. The fraction of sp³-hybridized carbons (Fsp3) is 0.500. The minimum Gasteiger partial charge on any atom is -0.488 e.